The van der Waals surface area contributed by atoms with Crippen LogP contribution in [0.5, 0.6) is 0 Å². The number of carbonyl (C=O) groups is 1. The SMILES string of the molecule is CC.Cc1ccc(C(=O)CC2CCCC2)cc1. The fraction of sp³-hybridized carbons (Fsp3) is 0.562. The highest BCUT2D eigenvalue weighted by atomic mass is 16.1. The smallest absolute Gasteiger partial charge is 0.163 e. The number of rotatable bonds is 3. The molecule has 1 aliphatic rings. The van der Waals surface area contributed by atoms with Crippen molar-refractivity contribution in [2.24, 2.45) is 5.92 Å². The molecule has 1 aliphatic carbocycles. The van der Waals surface area contributed by atoms with Crippen LogP contribution in [0.1, 0.15) is 61.9 Å². The second-order valence-corrected chi connectivity index (χ2v) is 4.64. The summed E-state index contributed by atoms with van der Waals surface area (Å²) in [5.74, 6) is 0.973. The first-order valence-electron chi connectivity index (χ1n) is 6.85. The minimum atomic E-state index is 0.321. The predicted octanol–water partition coefficient (Wildman–Crippen LogP) is 4.78. The molecule has 1 heteroatoms. The lowest BCUT2D eigenvalue weighted by Crippen LogP contribution is -2.05. The highest BCUT2D eigenvalue weighted by molar-refractivity contribution is 5.96. The molecular weight excluding hydrogens is 208 g/mol. The van der Waals surface area contributed by atoms with E-state index in [0.717, 1.165) is 12.0 Å². The molecule has 0 amide bonds. The van der Waals surface area contributed by atoms with Crippen molar-refractivity contribution in [3.05, 3.63) is 35.4 Å². The Labute approximate surface area is 105 Å². The van der Waals surface area contributed by atoms with Crippen LogP contribution in [0.4, 0.5) is 0 Å². The van der Waals surface area contributed by atoms with E-state index < -0.39 is 0 Å². The van der Waals surface area contributed by atoms with Crippen molar-refractivity contribution in [3.8, 4) is 0 Å². The molecule has 1 fully saturated rings. The molecule has 0 unspecified atom stereocenters. The number of aryl methyl sites for hydroxylation is 1. The van der Waals surface area contributed by atoms with Gasteiger partial charge in [-0.25, -0.2) is 0 Å². The van der Waals surface area contributed by atoms with Crippen LogP contribution in [0.25, 0.3) is 0 Å². The summed E-state index contributed by atoms with van der Waals surface area (Å²) in [7, 11) is 0. The van der Waals surface area contributed by atoms with Crippen LogP contribution in [-0.2, 0) is 0 Å². The maximum atomic E-state index is 11.9. The molecule has 1 aromatic carbocycles. The van der Waals surface area contributed by atoms with E-state index >= 15 is 0 Å². The minimum absolute atomic E-state index is 0.321. The molecule has 0 atom stereocenters. The van der Waals surface area contributed by atoms with E-state index in [0.29, 0.717) is 11.7 Å². The van der Waals surface area contributed by atoms with Crippen LogP contribution < -0.4 is 0 Å². The Morgan fingerprint density at radius 3 is 2.18 bits per heavy atom. The van der Waals surface area contributed by atoms with E-state index in [1.165, 1.54) is 31.2 Å². The van der Waals surface area contributed by atoms with E-state index in [2.05, 4.69) is 0 Å². The molecule has 0 heterocycles. The molecule has 0 radical (unpaired) electrons. The van der Waals surface area contributed by atoms with Crippen molar-refractivity contribution in [3.63, 3.8) is 0 Å². The maximum absolute atomic E-state index is 11.9. The molecular formula is C16H24O. The van der Waals surface area contributed by atoms with Gasteiger partial charge in [-0.3, -0.25) is 4.79 Å². The van der Waals surface area contributed by atoms with E-state index in [4.69, 9.17) is 0 Å². The number of hydrogen-bond acceptors (Lipinski definition) is 1. The third kappa shape index (κ3) is 4.33. The summed E-state index contributed by atoms with van der Waals surface area (Å²) in [6.45, 7) is 6.05. The zero-order valence-electron chi connectivity index (χ0n) is 11.3. The van der Waals surface area contributed by atoms with Crippen molar-refractivity contribution < 1.29 is 4.79 Å². The zero-order valence-corrected chi connectivity index (χ0v) is 11.3. The first-order valence-corrected chi connectivity index (χ1v) is 6.85. The van der Waals surface area contributed by atoms with Crippen LogP contribution in [0.15, 0.2) is 24.3 Å². The molecule has 0 aromatic heterocycles. The van der Waals surface area contributed by atoms with Gasteiger partial charge in [0.05, 0.1) is 0 Å². The third-order valence-electron chi connectivity index (χ3n) is 3.32. The Bertz CT molecular complexity index is 331. The van der Waals surface area contributed by atoms with Crippen LogP contribution >= 0.6 is 0 Å². The van der Waals surface area contributed by atoms with Gasteiger partial charge in [0, 0.05) is 12.0 Å². The Morgan fingerprint density at radius 2 is 1.65 bits per heavy atom. The molecule has 2 rings (SSSR count). The third-order valence-corrected chi connectivity index (χ3v) is 3.32. The summed E-state index contributed by atoms with van der Waals surface area (Å²) in [5.41, 5.74) is 2.10. The first-order chi connectivity index (χ1) is 8.25. The fourth-order valence-corrected chi connectivity index (χ4v) is 2.33. The van der Waals surface area contributed by atoms with Gasteiger partial charge in [-0.05, 0) is 12.8 Å². The van der Waals surface area contributed by atoms with Crippen molar-refractivity contribution in [2.75, 3.05) is 0 Å². The lowest BCUT2D eigenvalue weighted by atomic mass is 9.97. The minimum Gasteiger partial charge on any atom is -0.294 e. The Hall–Kier alpha value is -1.11. The topological polar surface area (TPSA) is 17.1 Å². The average Bonchev–Trinajstić information content (AvgIpc) is 2.85. The number of ketones is 1. The van der Waals surface area contributed by atoms with Crippen LogP contribution in [-0.4, -0.2) is 5.78 Å². The van der Waals surface area contributed by atoms with Crippen molar-refractivity contribution in [1.29, 1.82) is 0 Å². The molecule has 0 saturated heterocycles. The van der Waals surface area contributed by atoms with E-state index in [-0.39, 0.29) is 0 Å². The summed E-state index contributed by atoms with van der Waals surface area (Å²) >= 11 is 0. The molecule has 0 bridgehead atoms. The summed E-state index contributed by atoms with van der Waals surface area (Å²) in [6, 6.07) is 7.93. The Morgan fingerprint density at radius 1 is 1.12 bits per heavy atom. The second kappa shape index (κ2) is 7.26. The number of benzene rings is 1. The molecule has 1 saturated carbocycles. The fourth-order valence-electron chi connectivity index (χ4n) is 2.33. The van der Waals surface area contributed by atoms with Gasteiger partial charge >= 0.3 is 0 Å². The highest BCUT2D eigenvalue weighted by Crippen LogP contribution is 2.28. The normalized spacial score (nSPS) is 15.2. The van der Waals surface area contributed by atoms with Crippen LogP contribution in [0, 0.1) is 12.8 Å². The summed E-state index contributed by atoms with van der Waals surface area (Å²) < 4.78 is 0. The molecule has 17 heavy (non-hydrogen) atoms. The Balaban J connectivity index is 0.000000686. The number of Topliss-reactive ketones (excluding diaryl/α,β-unsaturated/α-hetero) is 1. The van der Waals surface area contributed by atoms with Crippen LogP contribution in [0.3, 0.4) is 0 Å². The van der Waals surface area contributed by atoms with Gasteiger partial charge in [0.15, 0.2) is 5.78 Å². The lowest BCUT2D eigenvalue weighted by molar-refractivity contribution is 0.0962. The van der Waals surface area contributed by atoms with Crippen molar-refractivity contribution >= 4 is 5.78 Å². The quantitative estimate of drug-likeness (QED) is 0.685. The molecule has 0 N–H and O–H groups in total. The van der Waals surface area contributed by atoms with Gasteiger partial charge < -0.3 is 0 Å². The van der Waals surface area contributed by atoms with Gasteiger partial charge in [-0.2, -0.15) is 0 Å². The molecule has 1 aromatic rings. The van der Waals surface area contributed by atoms with Crippen LogP contribution in [0.2, 0.25) is 0 Å². The van der Waals surface area contributed by atoms with Gasteiger partial charge in [-0.1, -0.05) is 69.4 Å². The molecule has 1 nitrogen and oxygen atoms in total. The number of carbonyl (C=O) groups excluding carboxylic acids is 1. The van der Waals surface area contributed by atoms with Gasteiger partial charge in [0.2, 0.25) is 0 Å². The van der Waals surface area contributed by atoms with Gasteiger partial charge in [0.25, 0.3) is 0 Å². The molecule has 0 aliphatic heterocycles. The number of hydrogen-bond donors (Lipinski definition) is 0. The monoisotopic (exact) mass is 232 g/mol. The summed E-state index contributed by atoms with van der Waals surface area (Å²) in [6.07, 6.45) is 5.87. The summed E-state index contributed by atoms with van der Waals surface area (Å²) in [5, 5.41) is 0. The zero-order chi connectivity index (χ0) is 12.7. The van der Waals surface area contributed by atoms with E-state index in [1.807, 2.05) is 45.0 Å². The first kappa shape index (κ1) is 14.0. The van der Waals surface area contributed by atoms with Gasteiger partial charge in [0.1, 0.15) is 0 Å². The Kier molecular flexibility index (Phi) is 5.96. The maximum Gasteiger partial charge on any atom is 0.163 e. The highest BCUT2D eigenvalue weighted by Gasteiger charge is 2.18. The van der Waals surface area contributed by atoms with Gasteiger partial charge in [-0.15, -0.1) is 0 Å². The largest absolute Gasteiger partial charge is 0.294 e. The standard InChI is InChI=1S/C14H18O.C2H6/c1-11-6-8-13(9-7-11)14(15)10-12-4-2-3-5-12;1-2/h6-9,12H,2-5,10H2,1H3;1-2H3. The van der Waals surface area contributed by atoms with E-state index in [9.17, 15) is 4.79 Å². The van der Waals surface area contributed by atoms with Crippen molar-refractivity contribution in [2.45, 2.75) is 52.9 Å². The van der Waals surface area contributed by atoms with E-state index in [1.54, 1.807) is 0 Å². The average molecular weight is 232 g/mol. The second-order valence-electron chi connectivity index (χ2n) is 4.64. The lowest BCUT2D eigenvalue weighted by Gasteiger charge is -2.07. The molecule has 0 spiro atoms. The molecule has 94 valence electrons. The predicted molar refractivity (Wildman–Crippen MR) is 73.4 cm³/mol. The van der Waals surface area contributed by atoms with Crippen molar-refractivity contribution in [1.82, 2.24) is 0 Å². The summed E-state index contributed by atoms with van der Waals surface area (Å²) in [4.78, 5) is 11.9.